The third-order valence-corrected chi connectivity index (χ3v) is 3.66. The van der Waals surface area contributed by atoms with Crippen molar-refractivity contribution in [2.24, 2.45) is 5.73 Å². The Morgan fingerprint density at radius 2 is 1.35 bits per heavy atom. The van der Waals surface area contributed by atoms with Crippen LogP contribution in [0.3, 0.4) is 0 Å². The molecule has 2 nitrogen and oxygen atoms in total. The summed E-state index contributed by atoms with van der Waals surface area (Å²) < 4.78 is 76.7. The number of benzene rings is 2. The van der Waals surface area contributed by atoms with Gasteiger partial charge in [0, 0.05) is 6.04 Å². The first-order chi connectivity index (χ1) is 12.1. The van der Waals surface area contributed by atoms with Crippen molar-refractivity contribution in [2.75, 3.05) is 14.1 Å². The van der Waals surface area contributed by atoms with Crippen LogP contribution in [0.2, 0.25) is 0 Å². The minimum atomic E-state index is -4.47. The third-order valence-electron chi connectivity index (χ3n) is 3.66. The Balaban J connectivity index is 0.00000163. The van der Waals surface area contributed by atoms with Crippen LogP contribution >= 0.6 is 0 Å². The molecule has 1 atom stereocenters. The highest BCUT2D eigenvalue weighted by molar-refractivity contribution is 5.31. The van der Waals surface area contributed by atoms with E-state index in [1.54, 1.807) is 7.05 Å². The fourth-order valence-electron chi connectivity index (χ4n) is 2.43. The molecule has 0 radical (unpaired) electrons. The molecule has 8 heteroatoms. The summed E-state index contributed by atoms with van der Waals surface area (Å²) >= 11 is 0. The number of hydrogen-bond donors (Lipinski definition) is 2. The van der Waals surface area contributed by atoms with Gasteiger partial charge in [-0.2, -0.15) is 26.3 Å². The number of nitrogens with one attached hydrogen (secondary N) is 1. The van der Waals surface area contributed by atoms with Crippen molar-refractivity contribution in [3.05, 3.63) is 70.8 Å². The molecule has 0 bridgehead atoms. The summed E-state index contributed by atoms with van der Waals surface area (Å²) in [4.78, 5) is 0. The molecule has 0 spiro atoms. The van der Waals surface area contributed by atoms with Gasteiger partial charge in [-0.1, -0.05) is 30.3 Å². The molecule has 0 amide bonds. The largest absolute Gasteiger partial charge is 0.416 e. The monoisotopic (exact) mass is 378 g/mol. The van der Waals surface area contributed by atoms with Gasteiger partial charge in [0.2, 0.25) is 0 Å². The van der Waals surface area contributed by atoms with Crippen LogP contribution in [0.25, 0.3) is 0 Å². The minimum absolute atomic E-state index is 0.141. The lowest BCUT2D eigenvalue weighted by Gasteiger charge is -2.19. The van der Waals surface area contributed by atoms with Crippen LogP contribution in [0, 0.1) is 0 Å². The molecule has 0 aromatic heterocycles. The first kappa shape index (κ1) is 22.0. The summed E-state index contributed by atoms with van der Waals surface area (Å²) in [5.74, 6) is 0. The van der Waals surface area contributed by atoms with E-state index in [9.17, 15) is 26.3 Å². The Morgan fingerprint density at radius 3 is 1.85 bits per heavy atom. The molecule has 2 aromatic rings. The van der Waals surface area contributed by atoms with Gasteiger partial charge in [0.15, 0.2) is 0 Å². The summed E-state index contributed by atoms with van der Waals surface area (Å²) in [5.41, 5.74) is 3.69. The lowest BCUT2D eigenvalue weighted by Crippen LogP contribution is -2.20. The van der Waals surface area contributed by atoms with E-state index in [1.165, 1.54) is 31.3 Å². The molecule has 2 rings (SSSR count). The Bertz CT molecular complexity index is 695. The van der Waals surface area contributed by atoms with Crippen LogP contribution in [-0.4, -0.2) is 14.1 Å². The Labute approximate surface area is 148 Å². The van der Waals surface area contributed by atoms with Gasteiger partial charge in [-0.05, 0) is 49.8 Å². The Kier molecular flexibility index (Phi) is 7.65. The number of nitrogens with two attached hydrogens (primary N) is 1. The van der Waals surface area contributed by atoms with Crippen LogP contribution < -0.4 is 11.1 Å². The second-order valence-electron chi connectivity index (χ2n) is 5.37. The van der Waals surface area contributed by atoms with Gasteiger partial charge in [-0.3, -0.25) is 0 Å². The van der Waals surface area contributed by atoms with E-state index in [2.05, 4.69) is 11.1 Å². The van der Waals surface area contributed by atoms with Gasteiger partial charge in [-0.25, -0.2) is 0 Å². The second-order valence-corrected chi connectivity index (χ2v) is 5.37. The van der Waals surface area contributed by atoms with Crippen molar-refractivity contribution in [1.29, 1.82) is 0 Å². The van der Waals surface area contributed by atoms with Crippen molar-refractivity contribution in [3.63, 3.8) is 0 Å². The van der Waals surface area contributed by atoms with E-state index in [-0.39, 0.29) is 6.42 Å². The number of rotatable bonds is 4. The topological polar surface area (TPSA) is 38.0 Å². The van der Waals surface area contributed by atoms with Crippen molar-refractivity contribution < 1.29 is 26.3 Å². The molecule has 1 unspecified atom stereocenters. The second kappa shape index (κ2) is 9.05. The van der Waals surface area contributed by atoms with E-state index >= 15 is 0 Å². The molecule has 26 heavy (non-hydrogen) atoms. The van der Waals surface area contributed by atoms with Crippen molar-refractivity contribution in [2.45, 2.75) is 24.8 Å². The average Bonchev–Trinajstić information content (AvgIpc) is 2.60. The molecule has 0 heterocycles. The molecule has 2 aromatic carbocycles. The fraction of sp³-hybridized carbons (Fsp3) is 0.333. The molecule has 0 aliphatic rings. The molecule has 144 valence electrons. The van der Waals surface area contributed by atoms with E-state index in [1.807, 2.05) is 0 Å². The normalized spacial score (nSPS) is 13.0. The first-order valence-corrected chi connectivity index (χ1v) is 7.69. The first-order valence-electron chi connectivity index (χ1n) is 7.69. The van der Waals surface area contributed by atoms with Crippen molar-refractivity contribution >= 4 is 0 Å². The maximum Gasteiger partial charge on any atom is 0.416 e. The molecule has 3 N–H and O–H groups in total. The molecular formula is C18H20F6N2. The maximum absolute atomic E-state index is 12.8. The summed E-state index contributed by atoms with van der Waals surface area (Å²) in [6, 6.07) is 9.02. The highest BCUT2D eigenvalue weighted by Crippen LogP contribution is 2.32. The predicted octanol–water partition coefficient (Wildman–Crippen LogP) is 4.80. The van der Waals surface area contributed by atoms with Gasteiger partial charge < -0.3 is 11.1 Å². The highest BCUT2D eigenvalue weighted by Gasteiger charge is 2.32. The zero-order valence-corrected chi connectivity index (χ0v) is 14.2. The molecular weight excluding hydrogens is 358 g/mol. The lowest BCUT2D eigenvalue weighted by atomic mass is 9.96. The lowest BCUT2D eigenvalue weighted by molar-refractivity contribution is -0.138. The Morgan fingerprint density at radius 1 is 0.846 bits per heavy atom. The SMILES string of the molecule is CN.CNC(Cc1cccc(C(F)(F)F)c1)c1cccc(C(F)(F)F)c1. The average molecular weight is 378 g/mol. The molecule has 0 aliphatic heterocycles. The van der Waals surface area contributed by atoms with E-state index in [0.29, 0.717) is 11.1 Å². The summed E-state index contributed by atoms with van der Waals surface area (Å²) in [7, 11) is 3.05. The van der Waals surface area contributed by atoms with Gasteiger partial charge in [-0.15, -0.1) is 0 Å². The Hall–Kier alpha value is -2.06. The third kappa shape index (κ3) is 6.03. The summed E-state index contributed by atoms with van der Waals surface area (Å²) in [6.45, 7) is 0. The quantitative estimate of drug-likeness (QED) is 0.750. The number of hydrogen-bond acceptors (Lipinski definition) is 2. The molecule has 0 saturated heterocycles. The summed E-state index contributed by atoms with van der Waals surface area (Å²) in [6.07, 6.45) is -8.78. The number of halogens is 6. The number of alkyl halides is 6. The standard InChI is InChI=1S/C17H15F6N.CH5N/c1-24-15(12-5-3-7-14(10-12)17(21,22)23)9-11-4-2-6-13(8-11)16(18,19)20;1-2/h2-8,10,15,24H,9H2,1H3;2H2,1H3. The predicted molar refractivity (Wildman–Crippen MR) is 88.5 cm³/mol. The highest BCUT2D eigenvalue weighted by atomic mass is 19.4. The van der Waals surface area contributed by atoms with Crippen molar-refractivity contribution in [1.82, 2.24) is 5.32 Å². The molecule has 0 aliphatic carbocycles. The van der Waals surface area contributed by atoms with E-state index in [0.717, 1.165) is 24.3 Å². The summed E-state index contributed by atoms with van der Waals surface area (Å²) in [5, 5.41) is 2.86. The molecule has 0 fully saturated rings. The van der Waals surface area contributed by atoms with Crippen LogP contribution in [-0.2, 0) is 18.8 Å². The smallest absolute Gasteiger partial charge is 0.333 e. The van der Waals surface area contributed by atoms with Gasteiger partial charge in [0.25, 0.3) is 0 Å². The van der Waals surface area contributed by atoms with E-state index in [4.69, 9.17) is 0 Å². The van der Waals surface area contributed by atoms with Crippen LogP contribution in [0.1, 0.15) is 28.3 Å². The number of likely N-dealkylation sites (N-methyl/N-ethyl adjacent to an activating group) is 1. The van der Waals surface area contributed by atoms with E-state index < -0.39 is 29.5 Å². The fourth-order valence-corrected chi connectivity index (χ4v) is 2.43. The zero-order chi connectivity index (χ0) is 20.0. The molecule has 0 saturated carbocycles. The van der Waals surface area contributed by atoms with Crippen LogP contribution in [0.4, 0.5) is 26.3 Å². The zero-order valence-electron chi connectivity index (χ0n) is 14.2. The van der Waals surface area contributed by atoms with Gasteiger partial charge in [0.1, 0.15) is 0 Å². The van der Waals surface area contributed by atoms with Gasteiger partial charge >= 0.3 is 12.4 Å². The maximum atomic E-state index is 12.8. The van der Waals surface area contributed by atoms with Crippen LogP contribution in [0.5, 0.6) is 0 Å². The van der Waals surface area contributed by atoms with Gasteiger partial charge in [0.05, 0.1) is 11.1 Å². The van der Waals surface area contributed by atoms with Crippen LogP contribution in [0.15, 0.2) is 48.5 Å². The van der Waals surface area contributed by atoms with Crippen molar-refractivity contribution in [3.8, 4) is 0 Å². The minimum Gasteiger partial charge on any atom is -0.333 e.